The highest BCUT2D eigenvalue weighted by Crippen LogP contribution is 2.64. The van der Waals surface area contributed by atoms with E-state index in [4.69, 9.17) is 0 Å². The molecule has 1 saturated heterocycles. The lowest BCUT2D eigenvalue weighted by Gasteiger charge is -2.61. The molecule has 1 heterocycles. The lowest BCUT2D eigenvalue weighted by Crippen LogP contribution is -2.61. The summed E-state index contributed by atoms with van der Waals surface area (Å²) in [6.45, 7) is 4.89. The summed E-state index contributed by atoms with van der Waals surface area (Å²) in [4.78, 5) is 14.2. The van der Waals surface area contributed by atoms with E-state index in [1.807, 2.05) is 7.05 Å². The van der Waals surface area contributed by atoms with Gasteiger partial charge in [0.15, 0.2) is 0 Å². The number of rotatable bonds is 0. The zero-order valence-corrected chi connectivity index (χ0v) is 14.3. The summed E-state index contributed by atoms with van der Waals surface area (Å²) in [7, 11) is 2.02. The number of carbonyl (C=O) groups is 1. The van der Waals surface area contributed by atoms with Crippen molar-refractivity contribution in [3.8, 4) is 0 Å². The van der Waals surface area contributed by atoms with Gasteiger partial charge in [0.1, 0.15) is 0 Å². The standard InChI is InChI=1S/C19H31NO2/c1-18-8-6-14-13(15(18)10-12(21)11-18)4-5-16-19(14,2)9-7-17(22)20(16)3/h12-16,21H,4-11H2,1-3H3/t12-,13?,14?,15?,16?,18-,19-/m1/s1. The number of fused-ring (bicyclic) bond motifs is 5. The fraction of sp³-hybridized carbons (Fsp3) is 0.947. The number of nitrogens with zero attached hydrogens (tertiary/aromatic N) is 1. The molecule has 3 aliphatic carbocycles. The second-order valence-corrected chi connectivity index (χ2v) is 9.27. The molecule has 7 atom stereocenters. The first-order chi connectivity index (χ1) is 10.3. The minimum atomic E-state index is -0.0742. The van der Waals surface area contributed by atoms with Gasteiger partial charge < -0.3 is 10.0 Å². The van der Waals surface area contributed by atoms with E-state index in [2.05, 4.69) is 18.7 Å². The number of hydrogen-bond donors (Lipinski definition) is 1. The smallest absolute Gasteiger partial charge is 0.222 e. The number of aliphatic hydroxyl groups excluding tert-OH is 1. The topological polar surface area (TPSA) is 40.5 Å². The van der Waals surface area contributed by atoms with Crippen LogP contribution in [-0.4, -0.2) is 35.1 Å². The fourth-order valence-electron chi connectivity index (χ4n) is 7.17. The van der Waals surface area contributed by atoms with Crippen LogP contribution in [0.2, 0.25) is 0 Å². The number of likely N-dealkylation sites (tertiary alicyclic amines) is 1. The zero-order chi connectivity index (χ0) is 15.7. The van der Waals surface area contributed by atoms with Crippen LogP contribution in [0.25, 0.3) is 0 Å². The van der Waals surface area contributed by atoms with E-state index in [0.29, 0.717) is 28.7 Å². The fourth-order valence-corrected chi connectivity index (χ4v) is 7.17. The van der Waals surface area contributed by atoms with Crippen molar-refractivity contribution in [2.45, 2.75) is 77.4 Å². The predicted molar refractivity (Wildman–Crippen MR) is 86.2 cm³/mol. The van der Waals surface area contributed by atoms with Crippen molar-refractivity contribution in [3.63, 3.8) is 0 Å². The summed E-state index contributed by atoms with van der Waals surface area (Å²) in [5.74, 6) is 2.59. The molecular weight excluding hydrogens is 274 g/mol. The van der Waals surface area contributed by atoms with E-state index >= 15 is 0 Å². The van der Waals surface area contributed by atoms with Crippen LogP contribution in [0, 0.1) is 28.6 Å². The number of carbonyl (C=O) groups excluding carboxylic acids is 1. The Hall–Kier alpha value is -0.570. The third-order valence-electron chi connectivity index (χ3n) is 8.30. The Morgan fingerprint density at radius 3 is 2.68 bits per heavy atom. The van der Waals surface area contributed by atoms with Gasteiger partial charge in [-0.1, -0.05) is 13.8 Å². The second kappa shape index (κ2) is 4.72. The molecule has 3 heteroatoms. The van der Waals surface area contributed by atoms with Gasteiger partial charge in [0, 0.05) is 19.5 Å². The van der Waals surface area contributed by atoms with Gasteiger partial charge in [-0.3, -0.25) is 4.79 Å². The predicted octanol–water partition coefficient (Wildman–Crippen LogP) is 3.21. The molecule has 4 rings (SSSR count). The lowest BCUT2D eigenvalue weighted by molar-refractivity contribution is -0.156. The Labute approximate surface area is 134 Å². The summed E-state index contributed by atoms with van der Waals surface area (Å²) < 4.78 is 0. The van der Waals surface area contributed by atoms with Crippen LogP contribution in [0.5, 0.6) is 0 Å². The summed E-state index contributed by atoms with van der Waals surface area (Å²) in [5, 5.41) is 10.2. The highest BCUT2D eigenvalue weighted by molar-refractivity contribution is 5.77. The number of hydrogen-bond acceptors (Lipinski definition) is 2. The minimum Gasteiger partial charge on any atom is -0.393 e. The molecule has 1 amide bonds. The Balaban J connectivity index is 1.65. The maximum Gasteiger partial charge on any atom is 0.222 e. The quantitative estimate of drug-likeness (QED) is 0.746. The van der Waals surface area contributed by atoms with E-state index in [1.165, 1.54) is 25.7 Å². The molecule has 22 heavy (non-hydrogen) atoms. The molecule has 1 aliphatic heterocycles. The molecular formula is C19H31NO2. The van der Waals surface area contributed by atoms with E-state index in [-0.39, 0.29) is 6.10 Å². The van der Waals surface area contributed by atoms with Crippen molar-refractivity contribution in [3.05, 3.63) is 0 Å². The molecule has 0 radical (unpaired) electrons. The summed E-state index contributed by atoms with van der Waals surface area (Å²) in [5.41, 5.74) is 0.681. The first-order valence-corrected chi connectivity index (χ1v) is 9.29. The molecule has 4 fully saturated rings. The van der Waals surface area contributed by atoms with Crippen LogP contribution < -0.4 is 0 Å². The van der Waals surface area contributed by atoms with Gasteiger partial charge >= 0.3 is 0 Å². The monoisotopic (exact) mass is 305 g/mol. The van der Waals surface area contributed by atoms with Crippen molar-refractivity contribution >= 4 is 5.91 Å². The Morgan fingerprint density at radius 2 is 1.91 bits per heavy atom. The van der Waals surface area contributed by atoms with Gasteiger partial charge in [0.25, 0.3) is 0 Å². The third kappa shape index (κ3) is 1.87. The van der Waals surface area contributed by atoms with Crippen molar-refractivity contribution in [1.29, 1.82) is 0 Å². The summed E-state index contributed by atoms with van der Waals surface area (Å²) >= 11 is 0. The zero-order valence-electron chi connectivity index (χ0n) is 14.3. The van der Waals surface area contributed by atoms with Crippen LogP contribution in [0.1, 0.15) is 65.2 Å². The van der Waals surface area contributed by atoms with Crippen LogP contribution >= 0.6 is 0 Å². The Bertz CT molecular complexity index is 492. The van der Waals surface area contributed by atoms with Gasteiger partial charge in [-0.05, 0) is 73.5 Å². The molecule has 0 spiro atoms. The Kier molecular flexibility index (Phi) is 3.21. The average Bonchev–Trinajstić information content (AvgIpc) is 2.78. The highest BCUT2D eigenvalue weighted by atomic mass is 16.3. The molecule has 0 aromatic heterocycles. The van der Waals surface area contributed by atoms with Crippen LogP contribution in [0.3, 0.4) is 0 Å². The summed E-state index contributed by atoms with van der Waals surface area (Å²) in [6, 6.07) is 0.450. The molecule has 3 saturated carbocycles. The SMILES string of the molecule is CN1C(=O)CC[C@]2(C)C3CC[C@]4(C)C[C@H](O)CC4C3CCC12. The lowest BCUT2D eigenvalue weighted by atomic mass is 9.47. The number of amides is 1. The maximum atomic E-state index is 12.1. The molecule has 124 valence electrons. The minimum absolute atomic E-state index is 0.0742. The van der Waals surface area contributed by atoms with Crippen LogP contribution in [0.15, 0.2) is 0 Å². The maximum absolute atomic E-state index is 12.1. The van der Waals surface area contributed by atoms with Gasteiger partial charge in [0.2, 0.25) is 5.91 Å². The summed E-state index contributed by atoms with van der Waals surface area (Å²) in [6.07, 6.45) is 8.78. The van der Waals surface area contributed by atoms with Gasteiger partial charge in [-0.2, -0.15) is 0 Å². The molecule has 4 unspecified atom stereocenters. The van der Waals surface area contributed by atoms with Crippen molar-refractivity contribution < 1.29 is 9.90 Å². The highest BCUT2D eigenvalue weighted by Gasteiger charge is 2.60. The Morgan fingerprint density at radius 1 is 1.14 bits per heavy atom. The van der Waals surface area contributed by atoms with Gasteiger partial charge in [-0.25, -0.2) is 0 Å². The van der Waals surface area contributed by atoms with E-state index in [9.17, 15) is 9.90 Å². The van der Waals surface area contributed by atoms with Crippen molar-refractivity contribution in [2.75, 3.05) is 7.05 Å². The normalized spacial score (nSPS) is 54.6. The number of piperidine rings is 1. The molecule has 0 bridgehead atoms. The average molecular weight is 305 g/mol. The van der Waals surface area contributed by atoms with Gasteiger partial charge in [-0.15, -0.1) is 0 Å². The van der Waals surface area contributed by atoms with Crippen LogP contribution in [-0.2, 0) is 4.79 Å². The largest absolute Gasteiger partial charge is 0.393 e. The van der Waals surface area contributed by atoms with Gasteiger partial charge in [0.05, 0.1) is 6.10 Å². The van der Waals surface area contributed by atoms with E-state index in [0.717, 1.165) is 37.5 Å². The molecule has 0 aromatic carbocycles. The molecule has 1 N–H and O–H groups in total. The van der Waals surface area contributed by atoms with E-state index < -0.39 is 0 Å². The van der Waals surface area contributed by atoms with Crippen molar-refractivity contribution in [2.24, 2.45) is 28.6 Å². The first kappa shape index (κ1) is 15.0. The third-order valence-corrected chi connectivity index (χ3v) is 8.30. The van der Waals surface area contributed by atoms with Crippen LogP contribution in [0.4, 0.5) is 0 Å². The van der Waals surface area contributed by atoms with E-state index in [1.54, 1.807) is 0 Å². The molecule has 4 aliphatic rings. The van der Waals surface area contributed by atoms with Crippen molar-refractivity contribution in [1.82, 2.24) is 4.90 Å². The second-order valence-electron chi connectivity index (χ2n) is 9.27. The molecule has 0 aromatic rings. The molecule has 3 nitrogen and oxygen atoms in total. The first-order valence-electron chi connectivity index (χ1n) is 9.29. The number of aliphatic hydroxyl groups is 1.